The number of rotatable bonds is 11. The number of hydrogen-bond acceptors (Lipinski definition) is 4. The van der Waals surface area contributed by atoms with E-state index in [0.717, 1.165) is 59.9 Å². The molecule has 0 saturated heterocycles. The maximum atomic E-state index is 6.48. The maximum absolute atomic E-state index is 6.48. The van der Waals surface area contributed by atoms with Crippen LogP contribution in [0.2, 0.25) is 10.0 Å². The molecule has 2 heterocycles. The van der Waals surface area contributed by atoms with Gasteiger partial charge in [-0.1, -0.05) is 60.5 Å². The van der Waals surface area contributed by atoms with Crippen molar-refractivity contribution in [1.82, 2.24) is 9.97 Å². The largest absolute Gasteiger partial charge is 0.384 e. The summed E-state index contributed by atoms with van der Waals surface area (Å²) in [6.07, 6.45) is 18.0. The first-order valence-electron chi connectivity index (χ1n) is 16.9. The standard InChI is InChI=1S/C38H44Cl2N4/c1-24-18-25-20-26(19-24)36-35(21-25)44-34-15-13-28(40)23-31(34)38(36)42-17-9-5-3-2-4-8-16-41-37-29-10-6-7-11-32(29)43-33-14-12-27(39)22-30(33)37/h12-15,18,22-23,25-26H,2-11,16-17,19-21H2,1H3,(H,41,43)(H,42,44)/t25-,26+/m0/s1. The second-order valence-electron chi connectivity index (χ2n) is 13.4. The van der Waals surface area contributed by atoms with Crippen LogP contribution in [0.4, 0.5) is 11.4 Å². The molecule has 3 aliphatic carbocycles. The van der Waals surface area contributed by atoms with Gasteiger partial charge in [0.05, 0.1) is 11.0 Å². The Morgan fingerprint density at radius 1 is 0.727 bits per heavy atom. The molecule has 0 radical (unpaired) electrons. The van der Waals surface area contributed by atoms with Gasteiger partial charge in [-0.05, 0) is 119 Å². The van der Waals surface area contributed by atoms with Gasteiger partial charge < -0.3 is 10.6 Å². The van der Waals surface area contributed by atoms with Crippen molar-refractivity contribution >= 4 is 56.4 Å². The van der Waals surface area contributed by atoms with Crippen LogP contribution in [-0.4, -0.2) is 23.1 Å². The fourth-order valence-corrected chi connectivity index (χ4v) is 8.40. The summed E-state index contributed by atoms with van der Waals surface area (Å²) in [5.41, 5.74) is 11.7. The first-order valence-corrected chi connectivity index (χ1v) is 17.7. The van der Waals surface area contributed by atoms with E-state index in [2.05, 4.69) is 47.9 Å². The van der Waals surface area contributed by atoms with E-state index in [1.807, 2.05) is 12.1 Å². The van der Waals surface area contributed by atoms with Crippen molar-refractivity contribution in [1.29, 1.82) is 0 Å². The molecule has 2 N–H and O–H groups in total. The van der Waals surface area contributed by atoms with Crippen LogP contribution in [-0.2, 0) is 19.3 Å². The molecule has 4 nitrogen and oxygen atoms in total. The van der Waals surface area contributed by atoms with E-state index in [4.69, 9.17) is 33.2 Å². The molecule has 3 aliphatic rings. The normalized spacial score (nSPS) is 19.0. The first-order chi connectivity index (χ1) is 21.5. The van der Waals surface area contributed by atoms with Gasteiger partial charge in [0.15, 0.2) is 0 Å². The minimum atomic E-state index is 0.563. The molecule has 0 fully saturated rings. The average molecular weight is 628 g/mol. The average Bonchev–Trinajstić information content (AvgIpc) is 3.01. The van der Waals surface area contributed by atoms with Gasteiger partial charge >= 0.3 is 0 Å². The maximum Gasteiger partial charge on any atom is 0.0727 e. The smallest absolute Gasteiger partial charge is 0.0727 e. The Balaban J connectivity index is 0.908. The van der Waals surface area contributed by atoms with E-state index in [1.165, 1.54) is 108 Å². The molecule has 0 saturated carbocycles. The lowest BCUT2D eigenvalue weighted by molar-refractivity contribution is 0.433. The van der Waals surface area contributed by atoms with Crippen molar-refractivity contribution in [2.75, 3.05) is 23.7 Å². The number of nitrogens with zero attached hydrogens (tertiary/aromatic N) is 2. The molecule has 0 spiro atoms. The van der Waals surface area contributed by atoms with Crippen molar-refractivity contribution in [2.24, 2.45) is 5.92 Å². The van der Waals surface area contributed by atoms with Crippen LogP contribution in [0.25, 0.3) is 21.8 Å². The number of hydrogen-bond donors (Lipinski definition) is 2. The third-order valence-corrected chi connectivity index (χ3v) is 10.5. The van der Waals surface area contributed by atoms with E-state index in [1.54, 1.807) is 0 Å². The second kappa shape index (κ2) is 13.3. The van der Waals surface area contributed by atoms with Crippen LogP contribution in [0.5, 0.6) is 0 Å². The molecule has 230 valence electrons. The summed E-state index contributed by atoms with van der Waals surface area (Å²) >= 11 is 12.9. The molecular formula is C38H44Cl2N4. The molecule has 0 amide bonds. The van der Waals surface area contributed by atoms with E-state index in [-0.39, 0.29) is 0 Å². The number of allylic oxidation sites excluding steroid dienone is 2. The Kier molecular flexibility index (Phi) is 9.01. The molecule has 2 aromatic carbocycles. The highest BCUT2D eigenvalue weighted by Crippen LogP contribution is 2.47. The fourth-order valence-electron chi connectivity index (χ4n) is 8.06. The Morgan fingerprint density at radius 3 is 2.07 bits per heavy atom. The zero-order chi connectivity index (χ0) is 30.0. The van der Waals surface area contributed by atoms with Crippen molar-refractivity contribution in [3.05, 3.63) is 80.6 Å². The number of pyridine rings is 2. The predicted octanol–water partition coefficient (Wildman–Crippen LogP) is 10.8. The second-order valence-corrected chi connectivity index (χ2v) is 14.3. The van der Waals surface area contributed by atoms with Crippen LogP contribution in [0.3, 0.4) is 0 Å². The number of fused-ring (bicyclic) bond motifs is 7. The lowest BCUT2D eigenvalue weighted by atomic mass is 9.71. The minimum Gasteiger partial charge on any atom is -0.384 e. The molecule has 2 atom stereocenters. The highest BCUT2D eigenvalue weighted by atomic mass is 35.5. The number of anilines is 2. The number of aryl methyl sites for hydroxylation is 1. The summed E-state index contributed by atoms with van der Waals surface area (Å²) in [4.78, 5) is 10.1. The van der Waals surface area contributed by atoms with Crippen molar-refractivity contribution < 1.29 is 0 Å². The summed E-state index contributed by atoms with van der Waals surface area (Å²) < 4.78 is 0. The molecule has 4 aromatic rings. The van der Waals surface area contributed by atoms with Crippen molar-refractivity contribution in [3.63, 3.8) is 0 Å². The Bertz CT molecular complexity index is 1710. The molecule has 44 heavy (non-hydrogen) atoms. The third kappa shape index (κ3) is 6.30. The number of unbranched alkanes of at least 4 members (excludes halogenated alkanes) is 5. The van der Waals surface area contributed by atoms with Crippen LogP contribution >= 0.6 is 23.2 Å². The topological polar surface area (TPSA) is 49.8 Å². The summed E-state index contributed by atoms with van der Waals surface area (Å²) in [6.45, 7) is 4.29. The third-order valence-electron chi connectivity index (χ3n) is 10.0. The molecular weight excluding hydrogens is 583 g/mol. The van der Waals surface area contributed by atoms with E-state index < -0.39 is 0 Å². The van der Waals surface area contributed by atoms with Gasteiger partial charge in [0.1, 0.15) is 0 Å². The van der Waals surface area contributed by atoms with Crippen molar-refractivity contribution in [2.45, 2.75) is 96.3 Å². The van der Waals surface area contributed by atoms with E-state index >= 15 is 0 Å². The van der Waals surface area contributed by atoms with Crippen LogP contribution in [0.15, 0.2) is 48.0 Å². The number of aromatic nitrogens is 2. The van der Waals surface area contributed by atoms with E-state index in [9.17, 15) is 0 Å². The molecule has 0 aliphatic heterocycles. The van der Waals surface area contributed by atoms with Crippen LogP contribution in [0, 0.1) is 5.92 Å². The van der Waals surface area contributed by atoms with Crippen LogP contribution in [0.1, 0.15) is 99.6 Å². The monoisotopic (exact) mass is 626 g/mol. The SMILES string of the molecule is CC1=C[C@@H]2Cc3nc4ccc(Cl)cc4c(NCCCCCCCCNc4c5c(nc6ccc(Cl)cc46)CCCC5)c3[C@H](C1)C2. The summed E-state index contributed by atoms with van der Waals surface area (Å²) in [7, 11) is 0. The first kappa shape index (κ1) is 29.9. The van der Waals surface area contributed by atoms with Gasteiger partial charge in [-0.2, -0.15) is 0 Å². The van der Waals surface area contributed by atoms with Gasteiger partial charge in [-0.3, -0.25) is 9.97 Å². The Labute approximate surface area is 272 Å². The lowest BCUT2D eigenvalue weighted by Gasteiger charge is -2.36. The van der Waals surface area contributed by atoms with Gasteiger partial charge in [-0.25, -0.2) is 0 Å². The molecule has 6 heteroatoms. The highest BCUT2D eigenvalue weighted by molar-refractivity contribution is 6.31. The number of benzene rings is 2. The zero-order valence-corrected chi connectivity index (χ0v) is 27.5. The highest BCUT2D eigenvalue weighted by Gasteiger charge is 2.33. The Hall–Kier alpha value is -2.82. The lowest BCUT2D eigenvalue weighted by Crippen LogP contribution is -2.24. The van der Waals surface area contributed by atoms with Gasteiger partial charge in [0.2, 0.25) is 0 Å². The fraction of sp³-hybridized carbons (Fsp3) is 0.474. The summed E-state index contributed by atoms with van der Waals surface area (Å²) in [6, 6.07) is 12.3. The van der Waals surface area contributed by atoms with Crippen LogP contribution < -0.4 is 10.6 Å². The molecule has 0 unspecified atom stereocenters. The van der Waals surface area contributed by atoms with Gasteiger partial charge in [-0.15, -0.1) is 0 Å². The molecule has 2 bridgehead atoms. The zero-order valence-electron chi connectivity index (χ0n) is 26.0. The van der Waals surface area contributed by atoms with E-state index in [0.29, 0.717) is 11.8 Å². The quantitative estimate of drug-likeness (QED) is 0.128. The van der Waals surface area contributed by atoms with Crippen molar-refractivity contribution in [3.8, 4) is 0 Å². The minimum absolute atomic E-state index is 0.563. The Morgan fingerprint density at radius 2 is 1.34 bits per heavy atom. The molecule has 2 aromatic heterocycles. The van der Waals surface area contributed by atoms with Gasteiger partial charge in [0.25, 0.3) is 0 Å². The summed E-state index contributed by atoms with van der Waals surface area (Å²) in [5, 5.41) is 11.6. The predicted molar refractivity (Wildman–Crippen MR) is 188 cm³/mol. The number of halogens is 2. The summed E-state index contributed by atoms with van der Waals surface area (Å²) in [5.74, 6) is 1.20. The number of nitrogens with one attached hydrogen (secondary N) is 2. The van der Waals surface area contributed by atoms with Gasteiger partial charge in [0, 0.05) is 62.2 Å². The molecule has 7 rings (SSSR count).